The van der Waals surface area contributed by atoms with Crippen LogP contribution >= 0.6 is 12.4 Å². The van der Waals surface area contributed by atoms with E-state index in [0.29, 0.717) is 0 Å². The second-order valence-corrected chi connectivity index (χ2v) is 2.69. The lowest BCUT2D eigenvalue weighted by Gasteiger charge is -2.08. The van der Waals surface area contributed by atoms with Crippen molar-refractivity contribution in [2.45, 2.75) is 31.7 Å². The first kappa shape index (κ1) is 10.7. The Kier molecular flexibility index (Phi) is 5.24. The number of aliphatic carboxylic acids is 1. The molecule has 1 aliphatic rings. The molecule has 1 fully saturated rings. The summed E-state index contributed by atoms with van der Waals surface area (Å²) in [7, 11) is 0. The quantitative estimate of drug-likeness (QED) is 0.632. The summed E-state index contributed by atoms with van der Waals surface area (Å²) in [5, 5.41) is 11.6. The van der Waals surface area contributed by atoms with Crippen molar-refractivity contribution in [2.75, 3.05) is 6.54 Å². The van der Waals surface area contributed by atoms with E-state index in [1.54, 1.807) is 0 Å². The number of carbonyl (C=O) groups is 1. The minimum Gasteiger partial charge on any atom is -0.480 e. The number of hydrogen-bond donors (Lipinski definition) is 2. The summed E-state index contributed by atoms with van der Waals surface area (Å²) in [6.07, 6.45) is 4.11. The van der Waals surface area contributed by atoms with Gasteiger partial charge in [0.05, 0.1) is 0 Å². The van der Waals surface area contributed by atoms with Crippen LogP contribution in [0.15, 0.2) is 0 Å². The van der Waals surface area contributed by atoms with Crippen molar-refractivity contribution in [3.05, 3.63) is 0 Å². The number of nitrogens with one attached hydrogen (secondary N) is 1. The van der Waals surface area contributed by atoms with Crippen LogP contribution in [0.4, 0.5) is 0 Å². The second kappa shape index (κ2) is 5.38. The molecule has 0 radical (unpaired) electrons. The first-order chi connectivity index (χ1) is 4.80. The van der Waals surface area contributed by atoms with Crippen LogP contribution in [0.2, 0.25) is 0 Å². The van der Waals surface area contributed by atoms with Gasteiger partial charge >= 0.3 is 5.97 Å². The molecule has 2 N–H and O–H groups in total. The van der Waals surface area contributed by atoms with Crippen LogP contribution in [0.1, 0.15) is 25.7 Å². The molecule has 1 saturated heterocycles. The zero-order chi connectivity index (χ0) is 7.40. The zero-order valence-electron chi connectivity index (χ0n) is 6.38. The minimum absolute atomic E-state index is 0. The van der Waals surface area contributed by atoms with Gasteiger partial charge in [-0.15, -0.1) is 12.4 Å². The van der Waals surface area contributed by atoms with Crippen molar-refractivity contribution in [3.8, 4) is 0 Å². The molecule has 3 nitrogen and oxygen atoms in total. The monoisotopic (exact) mass is 179 g/mol. The van der Waals surface area contributed by atoms with Crippen LogP contribution < -0.4 is 5.32 Å². The third-order valence-corrected chi connectivity index (χ3v) is 1.86. The standard InChI is InChI=1S/C7H13NO2.ClH/c9-7(10)6-4-2-1-3-5-8-6;/h6,8H,1-5H2,(H,9,10);1H. The topological polar surface area (TPSA) is 49.3 Å². The summed E-state index contributed by atoms with van der Waals surface area (Å²) >= 11 is 0. The van der Waals surface area contributed by atoms with E-state index in [2.05, 4.69) is 5.32 Å². The van der Waals surface area contributed by atoms with Gasteiger partial charge in [-0.3, -0.25) is 4.79 Å². The van der Waals surface area contributed by atoms with Crippen molar-refractivity contribution >= 4 is 18.4 Å². The number of halogens is 1. The molecule has 0 aliphatic carbocycles. The van der Waals surface area contributed by atoms with E-state index in [9.17, 15) is 4.79 Å². The molecule has 11 heavy (non-hydrogen) atoms. The minimum atomic E-state index is -0.707. The Balaban J connectivity index is 0.000001000. The number of hydrogen-bond acceptors (Lipinski definition) is 2. The van der Waals surface area contributed by atoms with Gasteiger partial charge in [0.15, 0.2) is 0 Å². The van der Waals surface area contributed by atoms with E-state index in [1.807, 2.05) is 0 Å². The van der Waals surface area contributed by atoms with Gasteiger partial charge in [-0.2, -0.15) is 0 Å². The van der Waals surface area contributed by atoms with Crippen LogP contribution in [-0.4, -0.2) is 23.7 Å². The first-order valence-corrected chi connectivity index (χ1v) is 3.77. The van der Waals surface area contributed by atoms with Crippen LogP contribution in [0, 0.1) is 0 Å². The number of carboxylic acid groups (broad SMARTS) is 1. The molecule has 1 heterocycles. The van der Waals surface area contributed by atoms with Crippen molar-refractivity contribution in [1.29, 1.82) is 0 Å². The molecule has 66 valence electrons. The number of carboxylic acids is 1. The third kappa shape index (κ3) is 3.58. The van der Waals surface area contributed by atoms with Crippen molar-refractivity contribution in [3.63, 3.8) is 0 Å². The summed E-state index contributed by atoms with van der Waals surface area (Å²) < 4.78 is 0. The van der Waals surface area contributed by atoms with Gasteiger partial charge in [-0.05, 0) is 19.4 Å². The van der Waals surface area contributed by atoms with Gasteiger partial charge in [0.25, 0.3) is 0 Å². The van der Waals surface area contributed by atoms with Crippen LogP contribution in [0.3, 0.4) is 0 Å². The van der Waals surface area contributed by atoms with E-state index in [0.717, 1.165) is 32.2 Å². The summed E-state index contributed by atoms with van der Waals surface area (Å²) in [6, 6.07) is -0.289. The Morgan fingerprint density at radius 2 is 2.09 bits per heavy atom. The molecule has 0 aromatic heterocycles. The molecular formula is C7H14ClNO2. The number of rotatable bonds is 1. The summed E-state index contributed by atoms with van der Waals surface area (Å²) in [6.45, 7) is 0.858. The van der Waals surface area contributed by atoms with E-state index in [1.165, 1.54) is 0 Å². The van der Waals surface area contributed by atoms with E-state index >= 15 is 0 Å². The van der Waals surface area contributed by atoms with Gasteiger partial charge in [0, 0.05) is 0 Å². The highest BCUT2D eigenvalue weighted by Gasteiger charge is 2.17. The summed E-state index contributed by atoms with van der Waals surface area (Å²) in [5.74, 6) is -0.707. The van der Waals surface area contributed by atoms with Gasteiger partial charge in [-0.1, -0.05) is 12.8 Å². The van der Waals surface area contributed by atoms with Gasteiger partial charge in [0.2, 0.25) is 0 Å². The maximum absolute atomic E-state index is 10.4. The average molecular weight is 180 g/mol. The molecule has 0 amide bonds. The molecule has 0 saturated carbocycles. The predicted octanol–water partition coefficient (Wildman–Crippen LogP) is 1.02. The van der Waals surface area contributed by atoms with Crippen molar-refractivity contribution < 1.29 is 9.90 Å². The summed E-state index contributed by atoms with van der Waals surface area (Å²) in [5.41, 5.74) is 0. The van der Waals surface area contributed by atoms with Gasteiger partial charge in [-0.25, -0.2) is 0 Å². The molecule has 1 unspecified atom stereocenters. The van der Waals surface area contributed by atoms with E-state index in [-0.39, 0.29) is 18.4 Å². The lowest BCUT2D eigenvalue weighted by Crippen LogP contribution is -2.35. The van der Waals surface area contributed by atoms with Crippen LogP contribution in [-0.2, 0) is 4.79 Å². The molecular weight excluding hydrogens is 166 g/mol. The Morgan fingerprint density at radius 1 is 1.36 bits per heavy atom. The smallest absolute Gasteiger partial charge is 0.320 e. The normalized spacial score (nSPS) is 24.9. The zero-order valence-corrected chi connectivity index (χ0v) is 7.19. The molecule has 0 aromatic carbocycles. The van der Waals surface area contributed by atoms with Gasteiger partial charge < -0.3 is 10.4 Å². The lowest BCUT2D eigenvalue weighted by atomic mass is 10.1. The van der Waals surface area contributed by atoms with E-state index < -0.39 is 5.97 Å². The Labute approximate surface area is 72.6 Å². The highest BCUT2D eigenvalue weighted by atomic mass is 35.5. The molecule has 1 aliphatic heterocycles. The molecule has 0 spiro atoms. The first-order valence-electron chi connectivity index (χ1n) is 3.77. The maximum Gasteiger partial charge on any atom is 0.320 e. The molecule has 1 atom stereocenters. The Bertz CT molecular complexity index is 122. The highest BCUT2D eigenvalue weighted by molar-refractivity contribution is 5.85. The maximum atomic E-state index is 10.4. The molecule has 4 heteroatoms. The average Bonchev–Trinajstić information content (AvgIpc) is 2.12. The van der Waals surface area contributed by atoms with Crippen LogP contribution in [0.25, 0.3) is 0 Å². The predicted molar refractivity (Wildman–Crippen MR) is 45.1 cm³/mol. The fraction of sp³-hybridized carbons (Fsp3) is 0.857. The van der Waals surface area contributed by atoms with Crippen molar-refractivity contribution in [2.24, 2.45) is 0 Å². The highest BCUT2D eigenvalue weighted by Crippen LogP contribution is 2.07. The van der Waals surface area contributed by atoms with Gasteiger partial charge in [0.1, 0.15) is 6.04 Å². The van der Waals surface area contributed by atoms with Crippen molar-refractivity contribution in [1.82, 2.24) is 5.32 Å². The van der Waals surface area contributed by atoms with Crippen LogP contribution in [0.5, 0.6) is 0 Å². The van der Waals surface area contributed by atoms with E-state index in [4.69, 9.17) is 5.11 Å². The molecule has 1 rings (SSSR count). The SMILES string of the molecule is Cl.O=C(O)C1CCCCCN1. The fourth-order valence-electron chi connectivity index (χ4n) is 1.24. The third-order valence-electron chi connectivity index (χ3n) is 1.86. The fourth-order valence-corrected chi connectivity index (χ4v) is 1.24. The lowest BCUT2D eigenvalue weighted by molar-refractivity contribution is -0.139. The largest absolute Gasteiger partial charge is 0.480 e. The Hall–Kier alpha value is -0.280. The second-order valence-electron chi connectivity index (χ2n) is 2.69. The Morgan fingerprint density at radius 3 is 2.73 bits per heavy atom. The molecule has 0 bridgehead atoms. The molecule has 0 aromatic rings. The summed E-state index contributed by atoms with van der Waals surface area (Å²) in [4.78, 5) is 10.4.